The Morgan fingerprint density at radius 1 is 1.05 bits per heavy atom. The number of amides is 2. The van der Waals surface area contributed by atoms with Gasteiger partial charge in [-0.2, -0.15) is 0 Å². The number of aryl methyl sites for hydroxylation is 1. The smallest absolute Gasteiger partial charge is 0.225 e. The number of ether oxygens (including phenoxy) is 2. The Morgan fingerprint density at radius 2 is 1.80 bits per heavy atom. The first-order valence-corrected chi connectivity index (χ1v) is 13.6. The number of nitrogens with zero attached hydrogens (tertiary/aromatic N) is 5. The first-order valence-electron chi connectivity index (χ1n) is 13.3. The van der Waals surface area contributed by atoms with Crippen molar-refractivity contribution in [2.24, 2.45) is 0 Å². The fourth-order valence-electron chi connectivity index (χ4n) is 4.85. The fraction of sp³-hybridized carbons (Fsp3) is 0.333. The molecule has 1 fully saturated rings. The molecule has 9 nitrogen and oxygen atoms in total. The summed E-state index contributed by atoms with van der Waals surface area (Å²) in [7, 11) is 1.78. The highest BCUT2D eigenvalue weighted by Crippen LogP contribution is 2.27. The van der Waals surface area contributed by atoms with E-state index in [2.05, 4.69) is 10.3 Å². The van der Waals surface area contributed by atoms with E-state index >= 15 is 0 Å². The zero-order valence-electron chi connectivity index (χ0n) is 22.4. The molecule has 10 heteroatoms. The molecule has 1 aromatic heterocycles. The Labute approximate surface area is 238 Å². The van der Waals surface area contributed by atoms with Crippen LogP contribution in [-0.2, 0) is 27.4 Å². The number of aromatic nitrogens is 3. The summed E-state index contributed by atoms with van der Waals surface area (Å²) < 4.78 is 14.1. The van der Waals surface area contributed by atoms with Crippen LogP contribution in [0.4, 0.5) is 0 Å². The molecule has 2 heterocycles. The van der Waals surface area contributed by atoms with E-state index in [1.54, 1.807) is 45.8 Å². The van der Waals surface area contributed by atoms with E-state index in [0.717, 1.165) is 16.6 Å². The van der Waals surface area contributed by atoms with Gasteiger partial charge < -0.3 is 19.3 Å². The molecule has 2 amide bonds. The van der Waals surface area contributed by atoms with Gasteiger partial charge in [0, 0.05) is 31.6 Å². The lowest BCUT2D eigenvalue weighted by Gasteiger charge is -2.42. The van der Waals surface area contributed by atoms with Crippen molar-refractivity contribution >= 4 is 34.4 Å². The summed E-state index contributed by atoms with van der Waals surface area (Å²) in [6, 6.07) is 24.5. The Balaban J connectivity index is 1.28. The first-order chi connectivity index (χ1) is 19.4. The number of fused-ring (bicyclic) bond motifs is 1. The molecule has 0 N–H and O–H groups in total. The molecular weight excluding hydrogens is 530 g/mol. The zero-order chi connectivity index (χ0) is 28.0. The van der Waals surface area contributed by atoms with Gasteiger partial charge in [-0.3, -0.25) is 9.59 Å². The van der Waals surface area contributed by atoms with Crippen LogP contribution >= 0.6 is 11.6 Å². The SMILES string of the molecule is CN(Cc1ccccc1)C(=O)CC1(COc2ccc(Cl)cc2)CN(C(=O)CCn2nnc3ccccc32)CCO1. The van der Waals surface area contributed by atoms with Crippen LogP contribution in [0.3, 0.4) is 0 Å². The van der Waals surface area contributed by atoms with E-state index in [1.807, 2.05) is 54.6 Å². The Kier molecular flexibility index (Phi) is 8.62. The van der Waals surface area contributed by atoms with Gasteiger partial charge in [0.2, 0.25) is 11.8 Å². The van der Waals surface area contributed by atoms with Gasteiger partial charge in [-0.1, -0.05) is 59.3 Å². The monoisotopic (exact) mass is 561 g/mol. The summed E-state index contributed by atoms with van der Waals surface area (Å²) in [5, 5.41) is 8.97. The predicted molar refractivity (Wildman–Crippen MR) is 152 cm³/mol. The van der Waals surface area contributed by atoms with Crippen molar-refractivity contribution in [2.45, 2.75) is 31.5 Å². The summed E-state index contributed by atoms with van der Waals surface area (Å²) in [4.78, 5) is 30.2. The molecule has 5 rings (SSSR count). The van der Waals surface area contributed by atoms with Crippen molar-refractivity contribution < 1.29 is 19.1 Å². The minimum atomic E-state index is -1.00. The molecule has 4 aromatic rings. The van der Waals surface area contributed by atoms with E-state index in [4.69, 9.17) is 21.1 Å². The molecule has 1 unspecified atom stereocenters. The third kappa shape index (κ3) is 6.78. The number of morpholine rings is 1. The molecule has 208 valence electrons. The number of rotatable bonds is 10. The number of para-hydroxylation sites is 1. The molecule has 1 saturated heterocycles. The first kappa shape index (κ1) is 27.6. The Morgan fingerprint density at radius 3 is 2.60 bits per heavy atom. The number of carbonyl (C=O) groups is 2. The second-order valence-corrected chi connectivity index (χ2v) is 10.5. The van der Waals surface area contributed by atoms with Gasteiger partial charge in [-0.25, -0.2) is 4.68 Å². The highest BCUT2D eigenvalue weighted by molar-refractivity contribution is 6.30. The highest BCUT2D eigenvalue weighted by atomic mass is 35.5. The van der Waals surface area contributed by atoms with E-state index in [1.165, 1.54) is 0 Å². The Hall–Kier alpha value is -3.95. The van der Waals surface area contributed by atoms with Crippen LogP contribution < -0.4 is 4.74 Å². The van der Waals surface area contributed by atoms with E-state index in [9.17, 15) is 9.59 Å². The number of halogens is 1. The zero-order valence-corrected chi connectivity index (χ0v) is 23.2. The highest BCUT2D eigenvalue weighted by Gasteiger charge is 2.42. The summed E-state index contributed by atoms with van der Waals surface area (Å²) in [5.41, 5.74) is 1.70. The molecule has 0 aliphatic carbocycles. The lowest BCUT2D eigenvalue weighted by molar-refractivity contribution is -0.165. The molecule has 3 aromatic carbocycles. The van der Waals surface area contributed by atoms with Crippen LogP contribution in [0.15, 0.2) is 78.9 Å². The van der Waals surface area contributed by atoms with Crippen LogP contribution in [0.2, 0.25) is 5.02 Å². The van der Waals surface area contributed by atoms with E-state index < -0.39 is 5.60 Å². The summed E-state index contributed by atoms with van der Waals surface area (Å²) in [6.45, 7) is 1.97. The summed E-state index contributed by atoms with van der Waals surface area (Å²) in [6.07, 6.45) is 0.324. The van der Waals surface area contributed by atoms with Crippen LogP contribution in [0.5, 0.6) is 5.75 Å². The quantitative estimate of drug-likeness (QED) is 0.288. The van der Waals surface area contributed by atoms with E-state index in [0.29, 0.717) is 37.0 Å². The molecule has 0 spiro atoms. The van der Waals surface area contributed by atoms with E-state index in [-0.39, 0.29) is 37.8 Å². The average Bonchev–Trinajstić information content (AvgIpc) is 3.39. The second-order valence-electron chi connectivity index (χ2n) is 10.1. The molecule has 1 atom stereocenters. The third-order valence-corrected chi connectivity index (χ3v) is 7.29. The predicted octanol–water partition coefficient (Wildman–Crippen LogP) is 4.20. The van der Waals surface area contributed by atoms with Crippen LogP contribution in [0, 0.1) is 0 Å². The largest absolute Gasteiger partial charge is 0.490 e. The van der Waals surface area contributed by atoms with Crippen molar-refractivity contribution in [3.8, 4) is 5.75 Å². The van der Waals surface area contributed by atoms with Gasteiger partial charge in [-0.05, 0) is 42.0 Å². The molecule has 40 heavy (non-hydrogen) atoms. The van der Waals surface area contributed by atoms with Crippen molar-refractivity contribution in [3.63, 3.8) is 0 Å². The van der Waals surface area contributed by atoms with Crippen LogP contribution in [0.25, 0.3) is 11.0 Å². The van der Waals surface area contributed by atoms with Crippen molar-refractivity contribution in [1.29, 1.82) is 0 Å². The minimum Gasteiger partial charge on any atom is -0.490 e. The molecule has 1 aliphatic heterocycles. The van der Waals surface area contributed by atoms with Gasteiger partial charge in [-0.15, -0.1) is 5.10 Å². The normalized spacial score (nSPS) is 17.1. The van der Waals surface area contributed by atoms with Gasteiger partial charge in [0.15, 0.2) is 0 Å². The maximum atomic E-state index is 13.4. The number of hydrogen-bond donors (Lipinski definition) is 0. The van der Waals surface area contributed by atoms with Crippen molar-refractivity contribution in [2.75, 3.05) is 33.4 Å². The fourth-order valence-corrected chi connectivity index (χ4v) is 4.97. The lowest BCUT2D eigenvalue weighted by atomic mass is 9.96. The van der Waals surface area contributed by atoms with Gasteiger partial charge in [0.05, 0.1) is 31.6 Å². The van der Waals surface area contributed by atoms with Gasteiger partial charge in [0.1, 0.15) is 23.5 Å². The third-order valence-electron chi connectivity index (χ3n) is 7.04. The van der Waals surface area contributed by atoms with Crippen LogP contribution in [0.1, 0.15) is 18.4 Å². The Bertz CT molecular complexity index is 1450. The summed E-state index contributed by atoms with van der Waals surface area (Å²) in [5.74, 6) is 0.481. The number of carbonyl (C=O) groups excluding carboxylic acids is 2. The maximum Gasteiger partial charge on any atom is 0.225 e. The molecule has 0 bridgehead atoms. The standard InChI is InChI=1S/C30H32ClN5O4/c1-34(20-23-7-3-2-4-8-23)29(38)19-30(22-39-25-13-11-24(31)12-14-25)21-35(17-18-40-30)28(37)15-16-36-27-10-6-5-9-26(27)32-33-36/h2-14H,15-22H2,1H3. The minimum absolute atomic E-state index is 0.0381. The van der Waals surface area contributed by atoms with Gasteiger partial charge in [0.25, 0.3) is 0 Å². The number of benzene rings is 3. The molecule has 1 aliphatic rings. The summed E-state index contributed by atoms with van der Waals surface area (Å²) >= 11 is 6.03. The second kappa shape index (κ2) is 12.5. The van der Waals surface area contributed by atoms with Gasteiger partial charge >= 0.3 is 0 Å². The van der Waals surface area contributed by atoms with Crippen molar-refractivity contribution in [1.82, 2.24) is 24.8 Å². The number of hydrogen-bond acceptors (Lipinski definition) is 6. The lowest BCUT2D eigenvalue weighted by Crippen LogP contribution is -2.58. The van der Waals surface area contributed by atoms with Crippen LogP contribution in [-0.4, -0.2) is 75.6 Å². The maximum absolute atomic E-state index is 13.4. The average molecular weight is 562 g/mol. The van der Waals surface area contributed by atoms with Crippen molar-refractivity contribution in [3.05, 3.63) is 89.4 Å². The topological polar surface area (TPSA) is 89.8 Å². The molecule has 0 radical (unpaired) electrons. The molecule has 0 saturated carbocycles. The molecular formula is C30H32ClN5O4.